The van der Waals surface area contributed by atoms with Gasteiger partial charge in [-0.25, -0.2) is 0 Å². The Hall–Kier alpha value is -2.97. The molecule has 6 heteroatoms. The van der Waals surface area contributed by atoms with Gasteiger partial charge in [-0.15, -0.1) is 0 Å². The summed E-state index contributed by atoms with van der Waals surface area (Å²) in [6.45, 7) is 0.355. The zero-order valence-electron chi connectivity index (χ0n) is 13.0. The molecule has 5 nitrogen and oxygen atoms in total. The molecule has 0 radical (unpaired) electrons. The molecule has 0 spiro atoms. The molecule has 122 valence electrons. The number of hydrogen-bond donors (Lipinski definition) is 1. The van der Waals surface area contributed by atoms with Crippen LogP contribution in [0, 0.1) is 11.3 Å². The van der Waals surface area contributed by atoms with Crippen molar-refractivity contribution in [1.29, 1.82) is 5.26 Å². The number of nitriles is 1. The lowest BCUT2D eigenvalue weighted by atomic mass is 10.1. The van der Waals surface area contributed by atoms with Crippen molar-refractivity contribution < 1.29 is 14.3 Å². The van der Waals surface area contributed by atoms with Gasteiger partial charge < -0.3 is 15.2 Å². The molecule has 0 heterocycles. The Balaban J connectivity index is 2.18. The molecule has 0 aliphatic heterocycles. The normalized spacial score (nSPS) is 10.8. The number of primary amides is 1. The lowest BCUT2D eigenvalue weighted by Gasteiger charge is -2.11. The number of amides is 1. The Kier molecular flexibility index (Phi) is 5.83. The molecule has 2 rings (SSSR count). The first-order chi connectivity index (χ1) is 11.5. The van der Waals surface area contributed by atoms with E-state index < -0.39 is 5.91 Å². The molecule has 0 fully saturated rings. The van der Waals surface area contributed by atoms with Crippen LogP contribution in [0.4, 0.5) is 0 Å². The Morgan fingerprint density at radius 3 is 2.54 bits per heavy atom. The third kappa shape index (κ3) is 4.51. The maximum Gasteiger partial charge on any atom is 0.259 e. The average molecular weight is 343 g/mol. The molecule has 0 saturated carbocycles. The van der Waals surface area contributed by atoms with Gasteiger partial charge in [0, 0.05) is 5.02 Å². The average Bonchev–Trinajstić information content (AvgIpc) is 2.59. The van der Waals surface area contributed by atoms with Crippen molar-refractivity contribution in [3.8, 4) is 17.6 Å². The minimum atomic E-state index is -0.778. The molecule has 24 heavy (non-hydrogen) atoms. The van der Waals surface area contributed by atoms with Gasteiger partial charge in [-0.1, -0.05) is 29.8 Å². The number of carbonyl (C=O) groups is 1. The van der Waals surface area contributed by atoms with E-state index in [1.54, 1.807) is 36.4 Å². The largest absolute Gasteiger partial charge is 0.493 e. The number of rotatable bonds is 6. The second kappa shape index (κ2) is 8.04. The first kappa shape index (κ1) is 17.4. The van der Waals surface area contributed by atoms with Gasteiger partial charge in [0.25, 0.3) is 5.91 Å². The van der Waals surface area contributed by atoms with Crippen LogP contribution in [0.5, 0.6) is 11.5 Å². The molecular weight excluding hydrogens is 328 g/mol. The Morgan fingerprint density at radius 2 is 1.96 bits per heavy atom. The zero-order valence-corrected chi connectivity index (χ0v) is 13.7. The van der Waals surface area contributed by atoms with Gasteiger partial charge in [0.1, 0.15) is 18.2 Å². The van der Waals surface area contributed by atoms with Gasteiger partial charge >= 0.3 is 0 Å². The number of ether oxygens (including phenoxy) is 2. The summed E-state index contributed by atoms with van der Waals surface area (Å²) >= 11 is 5.85. The summed E-state index contributed by atoms with van der Waals surface area (Å²) in [6, 6.07) is 14.2. The van der Waals surface area contributed by atoms with Crippen LogP contribution in [0.2, 0.25) is 5.02 Å². The van der Waals surface area contributed by atoms with E-state index in [1.807, 2.05) is 12.1 Å². The highest BCUT2D eigenvalue weighted by Crippen LogP contribution is 2.29. The highest BCUT2D eigenvalue weighted by atomic mass is 35.5. The van der Waals surface area contributed by atoms with Crippen LogP contribution >= 0.6 is 11.6 Å². The standard InChI is InChI=1S/C18H15ClN2O3/c1-23-17-9-13(8-14(10-20)18(21)22)4-7-16(17)24-11-12-2-5-15(19)6-3-12/h2-9H,11H2,1H3,(H2,21,22)/b14-8+. The summed E-state index contributed by atoms with van der Waals surface area (Å²) in [6.07, 6.45) is 1.40. The molecule has 0 unspecified atom stereocenters. The third-order valence-corrected chi connectivity index (χ3v) is 3.44. The molecule has 0 saturated heterocycles. The summed E-state index contributed by atoms with van der Waals surface area (Å²) in [5.41, 5.74) is 6.57. The number of nitrogens with zero attached hydrogens (tertiary/aromatic N) is 1. The minimum absolute atomic E-state index is 0.133. The van der Waals surface area contributed by atoms with Gasteiger partial charge in [0.2, 0.25) is 0 Å². The van der Waals surface area contributed by atoms with Crippen molar-refractivity contribution in [1.82, 2.24) is 0 Å². The highest BCUT2D eigenvalue weighted by Gasteiger charge is 2.08. The monoisotopic (exact) mass is 342 g/mol. The fourth-order valence-electron chi connectivity index (χ4n) is 1.96. The van der Waals surface area contributed by atoms with Crippen molar-refractivity contribution in [2.75, 3.05) is 7.11 Å². The maximum absolute atomic E-state index is 11.1. The molecule has 2 N–H and O–H groups in total. The summed E-state index contributed by atoms with van der Waals surface area (Å²) < 4.78 is 11.0. The van der Waals surface area contributed by atoms with Gasteiger partial charge in [0.15, 0.2) is 11.5 Å². The van der Waals surface area contributed by atoms with Gasteiger partial charge in [0.05, 0.1) is 7.11 Å². The fourth-order valence-corrected chi connectivity index (χ4v) is 2.09. The van der Waals surface area contributed by atoms with Crippen molar-refractivity contribution in [2.24, 2.45) is 5.73 Å². The second-order valence-electron chi connectivity index (χ2n) is 4.86. The molecule has 0 bridgehead atoms. The van der Waals surface area contributed by atoms with E-state index in [0.717, 1.165) is 5.56 Å². The summed E-state index contributed by atoms with van der Waals surface area (Å²) in [5, 5.41) is 9.55. The molecule has 0 aromatic heterocycles. The van der Waals surface area contributed by atoms with E-state index in [9.17, 15) is 4.79 Å². The van der Waals surface area contributed by atoms with Crippen LogP contribution in [0.3, 0.4) is 0 Å². The number of benzene rings is 2. The van der Waals surface area contributed by atoms with Gasteiger partial charge in [-0.3, -0.25) is 4.79 Å². The van der Waals surface area contributed by atoms with Crippen LogP contribution in [0.1, 0.15) is 11.1 Å². The fraction of sp³-hybridized carbons (Fsp3) is 0.111. The number of nitrogens with two attached hydrogens (primary N) is 1. The van der Waals surface area contributed by atoms with Crippen LogP contribution in [-0.4, -0.2) is 13.0 Å². The van der Waals surface area contributed by atoms with Crippen molar-refractivity contribution in [3.63, 3.8) is 0 Å². The van der Waals surface area contributed by atoms with Gasteiger partial charge in [-0.05, 0) is 41.5 Å². The molecule has 1 amide bonds. The van der Waals surface area contributed by atoms with Crippen molar-refractivity contribution >= 4 is 23.6 Å². The van der Waals surface area contributed by atoms with E-state index in [2.05, 4.69) is 0 Å². The molecule has 2 aromatic carbocycles. The molecule has 0 aliphatic carbocycles. The summed E-state index contributed by atoms with van der Waals surface area (Å²) in [7, 11) is 1.51. The zero-order chi connectivity index (χ0) is 17.5. The predicted molar refractivity (Wildman–Crippen MR) is 91.6 cm³/mol. The minimum Gasteiger partial charge on any atom is -0.493 e. The maximum atomic E-state index is 11.1. The Labute approximate surface area is 144 Å². The lowest BCUT2D eigenvalue weighted by molar-refractivity contribution is -0.114. The van der Waals surface area contributed by atoms with E-state index in [4.69, 9.17) is 32.1 Å². The summed E-state index contributed by atoms with van der Waals surface area (Å²) in [4.78, 5) is 11.1. The number of methoxy groups -OCH3 is 1. The summed E-state index contributed by atoms with van der Waals surface area (Å²) in [5.74, 6) is 0.251. The van der Waals surface area contributed by atoms with Crippen molar-refractivity contribution in [2.45, 2.75) is 6.61 Å². The smallest absolute Gasteiger partial charge is 0.259 e. The molecular formula is C18H15ClN2O3. The molecule has 0 atom stereocenters. The highest BCUT2D eigenvalue weighted by molar-refractivity contribution is 6.30. The SMILES string of the molecule is COc1cc(/C=C(\C#N)C(N)=O)ccc1OCc1ccc(Cl)cc1. The Bertz CT molecular complexity index is 808. The van der Waals surface area contributed by atoms with E-state index in [0.29, 0.717) is 28.7 Å². The number of carbonyl (C=O) groups excluding carboxylic acids is 1. The number of halogens is 1. The van der Waals surface area contributed by atoms with E-state index in [-0.39, 0.29) is 5.57 Å². The molecule has 2 aromatic rings. The topological polar surface area (TPSA) is 85.3 Å². The van der Waals surface area contributed by atoms with Crippen molar-refractivity contribution in [3.05, 3.63) is 64.2 Å². The van der Waals surface area contributed by atoms with E-state index in [1.165, 1.54) is 13.2 Å². The van der Waals surface area contributed by atoms with Crippen LogP contribution in [0.15, 0.2) is 48.0 Å². The van der Waals surface area contributed by atoms with Gasteiger partial charge in [-0.2, -0.15) is 5.26 Å². The predicted octanol–water partition coefficient (Wildman–Crippen LogP) is 3.32. The first-order valence-corrected chi connectivity index (χ1v) is 7.38. The second-order valence-corrected chi connectivity index (χ2v) is 5.30. The Morgan fingerprint density at radius 1 is 1.25 bits per heavy atom. The third-order valence-electron chi connectivity index (χ3n) is 3.19. The number of hydrogen-bond acceptors (Lipinski definition) is 4. The lowest BCUT2D eigenvalue weighted by Crippen LogP contribution is -2.12. The van der Waals surface area contributed by atoms with Crippen LogP contribution in [-0.2, 0) is 11.4 Å². The first-order valence-electron chi connectivity index (χ1n) is 7.00. The van der Waals surface area contributed by atoms with Crippen LogP contribution < -0.4 is 15.2 Å². The van der Waals surface area contributed by atoms with Crippen LogP contribution in [0.25, 0.3) is 6.08 Å². The molecule has 0 aliphatic rings. The quantitative estimate of drug-likeness (QED) is 0.644. The van der Waals surface area contributed by atoms with E-state index >= 15 is 0 Å².